The standard InChI is InChI=1S/C18H19ClN6O2S/c19-15-3-1-14(2-4-15)13-28(26,27)22-12-11-21-17-5-6-18(25-24-17)23-16-7-9-20-10-8-16/h1-10,22H,11-13H2,(H,21,24)(H,20,23,25). The van der Waals surface area contributed by atoms with Gasteiger partial charge in [0.15, 0.2) is 5.82 Å². The highest BCUT2D eigenvalue weighted by atomic mass is 35.5. The molecule has 8 nitrogen and oxygen atoms in total. The summed E-state index contributed by atoms with van der Waals surface area (Å²) < 4.78 is 26.8. The summed E-state index contributed by atoms with van der Waals surface area (Å²) >= 11 is 5.80. The Bertz CT molecular complexity index is 983. The second-order valence-electron chi connectivity index (χ2n) is 5.87. The molecule has 3 aromatic rings. The molecule has 10 heteroatoms. The van der Waals surface area contributed by atoms with E-state index in [9.17, 15) is 8.42 Å². The molecule has 0 aliphatic rings. The maximum Gasteiger partial charge on any atom is 0.215 e. The zero-order valence-corrected chi connectivity index (χ0v) is 16.4. The van der Waals surface area contributed by atoms with Gasteiger partial charge in [0.1, 0.15) is 5.82 Å². The van der Waals surface area contributed by atoms with E-state index in [1.807, 2.05) is 12.1 Å². The molecule has 0 bridgehead atoms. The molecule has 0 aliphatic heterocycles. The van der Waals surface area contributed by atoms with Crippen molar-refractivity contribution >= 4 is 38.9 Å². The molecule has 28 heavy (non-hydrogen) atoms. The summed E-state index contributed by atoms with van der Waals surface area (Å²) in [5.41, 5.74) is 1.54. The molecule has 0 radical (unpaired) electrons. The van der Waals surface area contributed by atoms with E-state index in [2.05, 4.69) is 30.5 Å². The lowest BCUT2D eigenvalue weighted by Gasteiger charge is -2.09. The number of nitrogens with one attached hydrogen (secondary N) is 3. The number of nitrogens with zero attached hydrogens (tertiary/aromatic N) is 3. The Hall–Kier alpha value is -2.75. The van der Waals surface area contributed by atoms with Gasteiger partial charge in [0.05, 0.1) is 5.75 Å². The van der Waals surface area contributed by atoms with Gasteiger partial charge in [0.2, 0.25) is 10.0 Å². The van der Waals surface area contributed by atoms with Gasteiger partial charge in [0.25, 0.3) is 0 Å². The summed E-state index contributed by atoms with van der Waals surface area (Å²) in [7, 11) is -3.43. The van der Waals surface area contributed by atoms with Crippen LogP contribution >= 0.6 is 11.6 Å². The van der Waals surface area contributed by atoms with Crippen LogP contribution in [0.5, 0.6) is 0 Å². The molecular formula is C18H19ClN6O2S. The first kappa shape index (κ1) is 20.0. The van der Waals surface area contributed by atoms with Crippen LogP contribution in [0.1, 0.15) is 5.56 Å². The number of halogens is 1. The van der Waals surface area contributed by atoms with Crippen molar-refractivity contribution in [2.75, 3.05) is 23.7 Å². The van der Waals surface area contributed by atoms with Crippen molar-refractivity contribution in [2.24, 2.45) is 0 Å². The molecule has 1 aromatic carbocycles. The zero-order chi connectivity index (χ0) is 19.8. The number of anilines is 3. The fraction of sp³-hybridized carbons (Fsp3) is 0.167. The molecule has 2 heterocycles. The third-order valence-electron chi connectivity index (χ3n) is 3.64. The minimum absolute atomic E-state index is 0.0979. The van der Waals surface area contributed by atoms with E-state index in [-0.39, 0.29) is 12.3 Å². The van der Waals surface area contributed by atoms with Crippen LogP contribution in [0.2, 0.25) is 5.02 Å². The first-order valence-electron chi connectivity index (χ1n) is 8.47. The summed E-state index contributed by atoms with van der Waals surface area (Å²) in [6, 6.07) is 13.9. The van der Waals surface area contributed by atoms with E-state index in [1.165, 1.54) is 0 Å². The second-order valence-corrected chi connectivity index (χ2v) is 8.11. The van der Waals surface area contributed by atoms with Gasteiger partial charge in [-0.1, -0.05) is 23.7 Å². The van der Waals surface area contributed by atoms with Crippen LogP contribution in [-0.4, -0.2) is 36.7 Å². The minimum Gasteiger partial charge on any atom is -0.367 e. The maximum atomic E-state index is 12.1. The van der Waals surface area contributed by atoms with Gasteiger partial charge < -0.3 is 10.6 Å². The minimum atomic E-state index is -3.43. The Morgan fingerprint density at radius 2 is 1.54 bits per heavy atom. The number of pyridine rings is 1. The largest absolute Gasteiger partial charge is 0.367 e. The molecule has 0 amide bonds. The lowest BCUT2D eigenvalue weighted by Crippen LogP contribution is -2.30. The number of hydrogen-bond acceptors (Lipinski definition) is 7. The molecule has 0 fully saturated rings. The van der Waals surface area contributed by atoms with Crippen molar-refractivity contribution < 1.29 is 8.42 Å². The molecule has 0 saturated carbocycles. The van der Waals surface area contributed by atoms with Crippen LogP contribution in [0.25, 0.3) is 0 Å². The maximum absolute atomic E-state index is 12.1. The average Bonchev–Trinajstić information content (AvgIpc) is 2.69. The van der Waals surface area contributed by atoms with Gasteiger partial charge in [0, 0.05) is 36.2 Å². The Balaban J connectivity index is 1.42. The fourth-order valence-corrected chi connectivity index (χ4v) is 3.60. The first-order valence-corrected chi connectivity index (χ1v) is 10.5. The molecule has 0 unspecified atom stereocenters. The van der Waals surface area contributed by atoms with Crippen LogP contribution in [0.15, 0.2) is 60.9 Å². The summed E-state index contributed by atoms with van der Waals surface area (Å²) in [6.45, 7) is 0.611. The smallest absolute Gasteiger partial charge is 0.215 e. The summed E-state index contributed by atoms with van der Waals surface area (Å²) in [6.07, 6.45) is 3.36. The third-order valence-corrected chi connectivity index (χ3v) is 5.25. The van der Waals surface area contributed by atoms with E-state index in [0.717, 1.165) is 5.69 Å². The van der Waals surface area contributed by atoms with Gasteiger partial charge in [-0.05, 0) is 42.0 Å². The molecular weight excluding hydrogens is 400 g/mol. The van der Waals surface area contributed by atoms with Crippen LogP contribution in [0.3, 0.4) is 0 Å². The normalized spacial score (nSPS) is 11.2. The predicted molar refractivity (Wildman–Crippen MR) is 110 cm³/mol. The molecule has 146 valence electrons. The number of hydrogen-bond donors (Lipinski definition) is 3. The van der Waals surface area contributed by atoms with Crippen LogP contribution in [0.4, 0.5) is 17.3 Å². The highest BCUT2D eigenvalue weighted by molar-refractivity contribution is 7.88. The number of benzene rings is 1. The van der Waals surface area contributed by atoms with Crippen LogP contribution < -0.4 is 15.4 Å². The van der Waals surface area contributed by atoms with Crippen molar-refractivity contribution in [3.63, 3.8) is 0 Å². The summed E-state index contributed by atoms with van der Waals surface area (Å²) in [5, 5.41) is 14.8. The molecule has 3 rings (SSSR count). The van der Waals surface area contributed by atoms with Crippen LogP contribution in [-0.2, 0) is 15.8 Å². The van der Waals surface area contributed by atoms with Crippen molar-refractivity contribution in [3.8, 4) is 0 Å². The van der Waals surface area contributed by atoms with Gasteiger partial charge in [-0.2, -0.15) is 0 Å². The Morgan fingerprint density at radius 3 is 2.21 bits per heavy atom. The molecule has 0 atom stereocenters. The monoisotopic (exact) mass is 418 g/mol. The van der Waals surface area contributed by atoms with Crippen molar-refractivity contribution in [1.29, 1.82) is 0 Å². The Kier molecular flexibility index (Phi) is 6.75. The predicted octanol–water partition coefficient (Wildman–Crippen LogP) is 2.80. The van der Waals surface area contributed by atoms with E-state index in [1.54, 1.807) is 48.8 Å². The number of aromatic nitrogens is 3. The van der Waals surface area contributed by atoms with Crippen molar-refractivity contribution in [3.05, 3.63) is 71.5 Å². The lowest BCUT2D eigenvalue weighted by molar-refractivity contribution is 0.582. The average molecular weight is 419 g/mol. The zero-order valence-electron chi connectivity index (χ0n) is 14.8. The van der Waals surface area contributed by atoms with Gasteiger partial charge in [-0.25, -0.2) is 13.1 Å². The van der Waals surface area contributed by atoms with Gasteiger partial charge in [-0.15, -0.1) is 10.2 Å². The van der Waals surface area contributed by atoms with E-state index < -0.39 is 10.0 Å². The van der Waals surface area contributed by atoms with E-state index in [4.69, 9.17) is 11.6 Å². The molecule has 0 saturated heterocycles. The van der Waals surface area contributed by atoms with Gasteiger partial charge in [-0.3, -0.25) is 4.98 Å². The molecule has 0 aliphatic carbocycles. The van der Waals surface area contributed by atoms with Gasteiger partial charge >= 0.3 is 0 Å². The van der Waals surface area contributed by atoms with Crippen molar-refractivity contribution in [2.45, 2.75) is 5.75 Å². The molecule has 2 aromatic heterocycles. The Labute approximate surface area is 168 Å². The lowest BCUT2D eigenvalue weighted by atomic mass is 10.2. The summed E-state index contributed by atoms with van der Waals surface area (Å²) in [4.78, 5) is 3.95. The summed E-state index contributed by atoms with van der Waals surface area (Å²) in [5.74, 6) is 1.05. The quantitative estimate of drug-likeness (QED) is 0.458. The first-order chi connectivity index (χ1) is 13.5. The third kappa shape index (κ3) is 6.45. The molecule has 0 spiro atoms. The molecule has 3 N–H and O–H groups in total. The number of rotatable bonds is 9. The Morgan fingerprint density at radius 1 is 0.857 bits per heavy atom. The topological polar surface area (TPSA) is 109 Å². The second kappa shape index (κ2) is 9.45. The van der Waals surface area contributed by atoms with E-state index >= 15 is 0 Å². The fourth-order valence-electron chi connectivity index (χ4n) is 2.32. The number of sulfonamides is 1. The van der Waals surface area contributed by atoms with Crippen LogP contribution in [0, 0.1) is 0 Å². The highest BCUT2D eigenvalue weighted by Gasteiger charge is 2.10. The highest BCUT2D eigenvalue weighted by Crippen LogP contribution is 2.13. The SMILES string of the molecule is O=S(=O)(Cc1ccc(Cl)cc1)NCCNc1ccc(Nc2ccncc2)nn1. The van der Waals surface area contributed by atoms with Crippen molar-refractivity contribution in [1.82, 2.24) is 19.9 Å². The van der Waals surface area contributed by atoms with E-state index in [0.29, 0.717) is 28.8 Å².